The standard InChI is InChI=1S/C14H18N2O2S/c1-3-18-12-6-4-5-11(14(12)17)7-15-8-13-10(2)16-9-19-13/h4-6,9,15,17H,3,7-8H2,1-2H3. The number of nitrogens with zero attached hydrogens (tertiary/aromatic N) is 1. The molecule has 2 N–H and O–H groups in total. The van der Waals surface area contributed by atoms with Crippen molar-refractivity contribution in [2.45, 2.75) is 26.9 Å². The fourth-order valence-corrected chi connectivity index (χ4v) is 2.54. The summed E-state index contributed by atoms with van der Waals surface area (Å²) >= 11 is 1.64. The maximum atomic E-state index is 10.1. The zero-order chi connectivity index (χ0) is 13.7. The summed E-state index contributed by atoms with van der Waals surface area (Å²) in [6, 6.07) is 5.56. The Labute approximate surface area is 117 Å². The lowest BCUT2D eigenvalue weighted by Gasteiger charge is -2.10. The van der Waals surface area contributed by atoms with E-state index in [9.17, 15) is 5.11 Å². The van der Waals surface area contributed by atoms with E-state index >= 15 is 0 Å². The first-order chi connectivity index (χ1) is 9.22. The number of ether oxygens (including phenoxy) is 1. The Morgan fingerprint density at radius 3 is 2.89 bits per heavy atom. The van der Waals surface area contributed by atoms with Crippen LogP contribution in [-0.2, 0) is 13.1 Å². The molecule has 4 nitrogen and oxygen atoms in total. The summed E-state index contributed by atoms with van der Waals surface area (Å²) in [6.45, 7) is 5.81. The Morgan fingerprint density at radius 1 is 1.37 bits per heavy atom. The third-order valence-electron chi connectivity index (χ3n) is 2.83. The van der Waals surface area contributed by atoms with E-state index in [0.29, 0.717) is 18.9 Å². The van der Waals surface area contributed by atoms with Gasteiger partial charge in [-0.1, -0.05) is 12.1 Å². The maximum absolute atomic E-state index is 10.1. The minimum absolute atomic E-state index is 0.220. The van der Waals surface area contributed by atoms with Crippen LogP contribution in [0.1, 0.15) is 23.1 Å². The first-order valence-corrected chi connectivity index (χ1v) is 7.13. The number of hydrogen-bond acceptors (Lipinski definition) is 5. The van der Waals surface area contributed by atoms with Gasteiger partial charge in [0.05, 0.1) is 17.8 Å². The molecule has 0 aliphatic rings. The Bertz CT molecular complexity index is 540. The highest BCUT2D eigenvalue weighted by molar-refractivity contribution is 7.09. The van der Waals surface area contributed by atoms with Crippen LogP contribution < -0.4 is 10.1 Å². The molecule has 102 valence electrons. The lowest BCUT2D eigenvalue weighted by atomic mass is 10.2. The third-order valence-corrected chi connectivity index (χ3v) is 3.76. The number of rotatable bonds is 6. The van der Waals surface area contributed by atoms with Crippen LogP contribution in [-0.4, -0.2) is 16.7 Å². The Kier molecular flexibility index (Phi) is 4.76. The molecule has 0 spiro atoms. The number of benzene rings is 1. The molecule has 0 aliphatic carbocycles. The van der Waals surface area contributed by atoms with Crippen LogP contribution in [0.4, 0.5) is 0 Å². The van der Waals surface area contributed by atoms with Crippen molar-refractivity contribution in [1.82, 2.24) is 10.3 Å². The van der Waals surface area contributed by atoms with Gasteiger partial charge < -0.3 is 15.2 Å². The Morgan fingerprint density at radius 2 is 2.21 bits per heavy atom. The van der Waals surface area contributed by atoms with E-state index in [1.165, 1.54) is 4.88 Å². The zero-order valence-electron chi connectivity index (χ0n) is 11.1. The smallest absolute Gasteiger partial charge is 0.162 e. The van der Waals surface area contributed by atoms with Gasteiger partial charge in [-0.2, -0.15) is 0 Å². The quantitative estimate of drug-likeness (QED) is 0.853. The molecular formula is C14H18N2O2S. The second-order valence-corrected chi connectivity index (χ2v) is 5.10. The molecule has 5 heteroatoms. The lowest BCUT2D eigenvalue weighted by molar-refractivity contribution is 0.316. The summed E-state index contributed by atoms with van der Waals surface area (Å²) in [5.74, 6) is 0.758. The highest BCUT2D eigenvalue weighted by atomic mass is 32.1. The number of para-hydroxylation sites is 1. The Hall–Kier alpha value is -1.59. The molecule has 2 rings (SSSR count). The summed E-state index contributed by atoms with van der Waals surface area (Å²) in [4.78, 5) is 5.43. The van der Waals surface area contributed by atoms with Crippen LogP contribution in [0.5, 0.6) is 11.5 Å². The van der Waals surface area contributed by atoms with Crippen molar-refractivity contribution in [1.29, 1.82) is 0 Å². The first kappa shape index (κ1) is 13.8. The van der Waals surface area contributed by atoms with Crippen molar-refractivity contribution in [3.05, 3.63) is 39.8 Å². The van der Waals surface area contributed by atoms with Gasteiger partial charge in [-0.3, -0.25) is 0 Å². The molecule has 1 aromatic carbocycles. The van der Waals surface area contributed by atoms with Gasteiger partial charge in [-0.25, -0.2) is 4.98 Å². The number of phenolic OH excluding ortho intramolecular Hbond substituents is 1. The van der Waals surface area contributed by atoms with Crippen LogP contribution in [0.2, 0.25) is 0 Å². The van der Waals surface area contributed by atoms with Crippen molar-refractivity contribution in [2.75, 3.05) is 6.61 Å². The SMILES string of the molecule is CCOc1cccc(CNCc2scnc2C)c1O. The van der Waals surface area contributed by atoms with E-state index < -0.39 is 0 Å². The maximum Gasteiger partial charge on any atom is 0.162 e. The molecule has 0 radical (unpaired) electrons. The van der Waals surface area contributed by atoms with Crippen molar-refractivity contribution in [3.63, 3.8) is 0 Å². The molecule has 0 atom stereocenters. The minimum atomic E-state index is 0.220. The predicted octanol–water partition coefficient (Wildman–Crippen LogP) is 2.85. The van der Waals surface area contributed by atoms with Crippen molar-refractivity contribution < 1.29 is 9.84 Å². The summed E-state index contributed by atoms with van der Waals surface area (Å²) < 4.78 is 5.36. The highest BCUT2D eigenvalue weighted by Gasteiger charge is 2.08. The van der Waals surface area contributed by atoms with Gasteiger partial charge in [0.1, 0.15) is 0 Å². The zero-order valence-corrected chi connectivity index (χ0v) is 12.0. The molecule has 0 saturated heterocycles. The van der Waals surface area contributed by atoms with E-state index in [-0.39, 0.29) is 5.75 Å². The van der Waals surface area contributed by atoms with Gasteiger partial charge in [0.15, 0.2) is 11.5 Å². The van der Waals surface area contributed by atoms with Gasteiger partial charge in [0.2, 0.25) is 0 Å². The summed E-state index contributed by atoms with van der Waals surface area (Å²) in [6.07, 6.45) is 0. The fraction of sp³-hybridized carbons (Fsp3) is 0.357. The number of nitrogens with one attached hydrogen (secondary N) is 1. The number of aromatic nitrogens is 1. The highest BCUT2D eigenvalue weighted by Crippen LogP contribution is 2.29. The number of aromatic hydroxyl groups is 1. The molecule has 19 heavy (non-hydrogen) atoms. The van der Waals surface area contributed by atoms with Gasteiger partial charge in [0.25, 0.3) is 0 Å². The third kappa shape index (κ3) is 3.45. The molecule has 0 saturated carbocycles. The van der Waals surface area contributed by atoms with Crippen molar-refractivity contribution in [2.24, 2.45) is 0 Å². The molecule has 2 aromatic rings. The van der Waals surface area contributed by atoms with Gasteiger partial charge in [-0.15, -0.1) is 11.3 Å². The largest absolute Gasteiger partial charge is 0.504 e. The van der Waals surface area contributed by atoms with Gasteiger partial charge in [0, 0.05) is 23.5 Å². The van der Waals surface area contributed by atoms with E-state index in [1.807, 2.05) is 31.5 Å². The molecule has 0 unspecified atom stereocenters. The molecule has 0 bridgehead atoms. The number of hydrogen-bond donors (Lipinski definition) is 2. The summed E-state index contributed by atoms with van der Waals surface area (Å²) in [5, 5.41) is 13.4. The molecular weight excluding hydrogens is 260 g/mol. The molecule has 1 aromatic heterocycles. The van der Waals surface area contributed by atoms with Crippen LogP contribution in [0.3, 0.4) is 0 Å². The topological polar surface area (TPSA) is 54.4 Å². The number of phenols is 1. The van der Waals surface area contributed by atoms with E-state index in [0.717, 1.165) is 17.8 Å². The van der Waals surface area contributed by atoms with E-state index in [1.54, 1.807) is 17.4 Å². The lowest BCUT2D eigenvalue weighted by Crippen LogP contribution is -2.12. The monoisotopic (exact) mass is 278 g/mol. The average molecular weight is 278 g/mol. The van der Waals surface area contributed by atoms with Gasteiger partial charge >= 0.3 is 0 Å². The molecule has 0 amide bonds. The van der Waals surface area contributed by atoms with Crippen LogP contribution in [0.25, 0.3) is 0 Å². The second-order valence-electron chi connectivity index (χ2n) is 4.16. The van der Waals surface area contributed by atoms with Crippen molar-refractivity contribution >= 4 is 11.3 Å². The fourth-order valence-electron chi connectivity index (χ4n) is 1.79. The molecule has 0 aliphatic heterocycles. The molecule has 1 heterocycles. The molecule has 0 fully saturated rings. The van der Waals surface area contributed by atoms with E-state index in [2.05, 4.69) is 10.3 Å². The summed E-state index contributed by atoms with van der Waals surface area (Å²) in [7, 11) is 0. The average Bonchev–Trinajstić information content (AvgIpc) is 2.80. The first-order valence-electron chi connectivity index (χ1n) is 6.25. The number of aryl methyl sites for hydroxylation is 1. The Balaban J connectivity index is 1.96. The van der Waals surface area contributed by atoms with Crippen molar-refractivity contribution in [3.8, 4) is 11.5 Å². The van der Waals surface area contributed by atoms with Crippen LogP contribution in [0, 0.1) is 6.92 Å². The van der Waals surface area contributed by atoms with Gasteiger partial charge in [-0.05, 0) is 19.9 Å². The van der Waals surface area contributed by atoms with E-state index in [4.69, 9.17) is 4.74 Å². The predicted molar refractivity (Wildman–Crippen MR) is 76.7 cm³/mol. The summed E-state index contributed by atoms with van der Waals surface area (Å²) in [5.41, 5.74) is 3.75. The normalized spacial score (nSPS) is 10.6. The second kappa shape index (κ2) is 6.54. The number of thiazole rings is 1. The van der Waals surface area contributed by atoms with Crippen LogP contribution >= 0.6 is 11.3 Å². The minimum Gasteiger partial charge on any atom is -0.504 e. The van der Waals surface area contributed by atoms with Crippen LogP contribution in [0.15, 0.2) is 23.7 Å².